The van der Waals surface area contributed by atoms with Crippen molar-refractivity contribution in [1.82, 2.24) is 0 Å². The van der Waals surface area contributed by atoms with Crippen molar-refractivity contribution in [1.29, 1.82) is 0 Å². The second-order valence-corrected chi connectivity index (χ2v) is 5.13. The molecule has 0 amide bonds. The molecule has 1 aliphatic carbocycles. The average Bonchev–Trinajstić information content (AvgIpc) is 2.95. The van der Waals surface area contributed by atoms with Crippen LogP contribution >= 0.6 is 0 Å². The second kappa shape index (κ2) is 5.05. The number of allylic oxidation sites excluding steroid dienone is 1. The van der Waals surface area contributed by atoms with Crippen molar-refractivity contribution in [2.45, 2.75) is 33.1 Å². The van der Waals surface area contributed by atoms with E-state index >= 15 is 0 Å². The molecule has 96 valence electrons. The highest BCUT2D eigenvalue weighted by Crippen LogP contribution is 2.36. The van der Waals surface area contributed by atoms with Crippen LogP contribution in [0.2, 0.25) is 0 Å². The number of rotatable bonds is 3. The summed E-state index contributed by atoms with van der Waals surface area (Å²) in [5.41, 5.74) is 8.83. The van der Waals surface area contributed by atoms with Gasteiger partial charge in [-0.2, -0.15) is 0 Å². The summed E-state index contributed by atoms with van der Waals surface area (Å²) in [4.78, 5) is 0. The highest BCUT2D eigenvalue weighted by atomic mass is 14.2. The van der Waals surface area contributed by atoms with Crippen LogP contribution in [-0.2, 0) is 19.3 Å². The fourth-order valence-electron chi connectivity index (χ4n) is 3.17. The first-order valence-corrected chi connectivity index (χ1v) is 7.24. The first-order valence-electron chi connectivity index (χ1n) is 7.24. The monoisotopic (exact) mass is 248 g/mol. The van der Waals surface area contributed by atoms with Crippen molar-refractivity contribution in [3.05, 3.63) is 64.7 Å². The Morgan fingerprint density at radius 3 is 2.47 bits per heavy atom. The van der Waals surface area contributed by atoms with Crippen molar-refractivity contribution >= 4 is 6.08 Å². The molecule has 0 aromatic heterocycles. The highest BCUT2D eigenvalue weighted by Gasteiger charge is 2.17. The molecule has 0 heterocycles. The maximum atomic E-state index is 2.42. The van der Waals surface area contributed by atoms with Gasteiger partial charge in [0, 0.05) is 0 Å². The van der Waals surface area contributed by atoms with E-state index in [1.165, 1.54) is 27.8 Å². The zero-order valence-corrected chi connectivity index (χ0v) is 11.7. The quantitative estimate of drug-likeness (QED) is 0.713. The van der Waals surface area contributed by atoms with E-state index in [2.05, 4.69) is 62.4 Å². The number of fused-ring (bicyclic) bond motifs is 1. The topological polar surface area (TPSA) is 0 Å². The minimum atomic E-state index is 1.08. The Labute approximate surface area is 115 Å². The molecule has 0 bridgehead atoms. The first kappa shape index (κ1) is 12.2. The van der Waals surface area contributed by atoms with Gasteiger partial charge in [-0.05, 0) is 52.6 Å². The lowest BCUT2D eigenvalue weighted by Gasteiger charge is -2.17. The van der Waals surface area contributed by atoms with E-state index in [1.54, 1.807) is 5.56 Å². The van der Waals surface area contributed by atoms with E-state index in [0.29, 0.717) is 0 Å². The Balaban J connectivity index is 2.26. The Hall–Kier alpha value is -1.82. The van der Waals surface area contributed by atoms with E-state index < -0.39 is 0 Å². The lowest BCUT2D eigenvalue weighted by molar-refractivity contribution is 1.03. The number of benzene rings is 2. The predicted molar refractivity (Wildman–Crippen MR) is 83.4 cm³/mol. The molecule has 0 nitrogen and oxygen atoms in total. The van der Waals surface area contributed by atoms with Gasteiger partial charge in [0.1, 0.15) is 0 Å². The molecule has 2 aromatic carbocycles. The van der Waals surface area contributed by atoms with E-state index in [1.807, 2.05) is 0 Å². The zero-order valence-electron chi connectivity index (χ0n) is 11.7. The molecule has 0 N–H and O–H groups in total. The van der Waals surface area contributed by atoms with Crippen molar-refractivity contribution in [2.24, 2.45) is 0 Å². The minimum absolute atomic E-state index is 1.08. The normalized spacial score (nSPS) is 12.7. The van der Waals surface area contributed by atoms with Crippen LogP contribution in [0.15, 0.2) is 42.5 Å². The van der Waals surface area contributed by atoms with Gasteiger partial charge < -0.3 is 0 Å². The van der Waals surface area contributed by atoms with Crippen LogP contribution in [0.4, 0.5) is 0 Å². The van der Waals surface area contributed by atoms with Crippen LogP contribution in [-0.4, -0.2) is 0 Å². The summed E-state index contributed by atoms with van der Waals surface area (Å²) < 4.78 is 0. The molecule has 3 rings (SSSR count). The zero-order chi connectivity index (χ0) is 13.2. The summed E-state index contributed by atoms with van der Waals surface area (Å²) in [5.74, 6) is 0. The summed E-state index contributed by atoms with van der Waals surface area (Å²) in [6.45, 7) is 4.53. The molecule has 0 saturated carbocycles. The summed E-state index contributed by atoms with van der Waals surface area (Å²) in [5, 5.41) is 0. The standard InChI is InChI=1S/C19H20/c1-3-14-13-19(15-9-6-5-7-10-15)18-12-8-11-17(18)16(14)4-2/h5-11,13H,3-4,12H2,1-2H3. The smallest absolute Gasteiger partial charge is 0.00819 e. The van der Waals surface area contributed by atoms with Gasteiger partial charge in [-0.25, -0.2) is 0 Å². The molecular formula is C19H20. The molecule has 0 aliphatic heterocycles. The highest BCUT2D eigenvalue weighted by molar-refractivity contribution is 5.78. The molecule has 0 unspecified atom stereocenters. The summed E-state index contributed by atoms with van der Waals surface area (Å²) in [6, 6.07) is 13.2. The third kappa shape index (κ3) is 2.02. The van der Waals surface area contributed by atoms with Gasteiger partial charge in [-0.3, -0.25) is 0 Å². The van der Waals surface area contributed by atoms with E-state index in [-0.39, 0.29) is 0 Å². The molecule has 0 spiro atoms. The predicted octanol–water partition coefficient (Wildman–Crippen LogP) is 5.05. The molecule has 1 aliphatic rings. The third-order valence-corrected chi connectivity index (χ3v) is 4.11. The van der Waals surface area contributed by atoms with Gasteiger partial charge in [0.05, 0.1) is 0 Å². The van der Waals surface area contributed by atoms with Crippen LogP contribution in [0.25, 0.3) is 17.2 Å². The van der Waals surface area contributed by atoms with Crippen LogP contribution in [0.1, 0.15) is 36.1 Å². The van der Waals surface area contributed by atoms with Gasteiger partial charge >= 0.3 is 0 Å². The number of aryl methyl sites for hydroxylation is 1. The van der Waals surface area contributed by atoms with E-state index in [0.717, 1.165) is 19.3 Å². The Kier molecular flexibility index (Phi) is 3.25. The van der Waals surface area contributed by atoms with Crippen LogP contribution < -0.4 is 0 Å². The van der Waals surface area contributed by atoms with Gasteiger partial charge in [-0.1, -0.05) is 62.4 Å². The maximum Gasteiger partial charge on any atom is -0.00819 e. The number of hydrogen-bond donors (Lipinski definition) is 0. The summed E-state index contributed by atoms with van der Waals surface area (Å²) in [7, 11) is 0. The summed E-state index contributed by atoms with van der Waals surface area (Å²) in [6.07, 6.45) is 7.95. The molecule has 0 atom stereocenters. The molecule has 0 fully saturated rings. The second-order valence-electron chi connectivity index (χ2n) is 5.13. The van der Waals surface area contributed by atoms with Gasteiger partial charge in [0.15, 0.2) is 0 Å². The van der Waals surface area contributed by atoms with E-state index in [9.17, 15) is 0 Å². The molecule has 2 aromatic rings. The van der Waals surface area contributed by atoms with Crippen molar-refractivity contribution < 1.29 is 0 Å². The van der Waals surface area contributed by atoms with Crippen LogP contribution in [0.3, 0.4) is 0 Å². The van der Waals surface area contributed by atoms with Crippen molar-refractivity contribution in [3.63, 3.8) is 0 Å². The largest absolute Gasteiger partial charge is 0.0795 e. The van der Waals surface area contributed by atoms with Gasteiger partial charge in [0.25, 0.3) is 0 Å². The Morgan fingerprint density at radius 2 is 1.79 bits per heavy atom. The van der Waals surface area contributed by atoms with Crippen molar-refractivity contribution in [2.75, 3.05) is 0 Å². The lowest BCUT2D eigenvalue weighted by atomic mass is 9.88. The average molecular weight is 248 g/mol. The maximum absolute atomic E-state index is 2.42. The minimum Gasteiger partial charge on any atom is -0.0795 e. The fraction of sp³-hybridized carbons (Fsp3) is 0.263. The van der Waals surface area contributed by atoms with Gasteiger partial charge in [0.2, 0.25) is 0 Å². The Bertz CT molecular complexity index is 618. The molecule has 0 saturated heterocycles. The molecule has 0 radical (unpaired) electrons. The van der Waals surface area contributed by atoms with Crippen LogP contribution in [0, 0.1) is 0 Å². The SMILES string of the molecule is CCc1cc(-c2ccccc2)c2c(c1CC)C=CC2. The van der Waals surface area contributed by atoms with Gasteiger partial charge in [-0.15, -0.1) is 0 Å². The molecule has 0 heteroatoms. The fourth-order valence-corrected chi connectivity index (χ4v) is 3.17. The molecule has 19 heavy (non-hydrogen) atoms. The van der Waals surface area contributed by atoms with E-state index in [4.69, 9.17) is 0 Å². The lowest BCUT2D eigenvalue weighted by Crippen LogP contribution is -2.00. The Morgan fingerprint density at radius 1 is 1.00 bits per heavy atom. The molecular weight excluding hydrogens is 228 g/mol. The van der Waals surface area contributed by atoms with Crippen LogP contribution in [0.5, 0.6) is 0 Å². The van der Waals surface area contributed by atoms with Crippen molar-refractivity contribution in [3.8, 4) is 11.1 Å². The number of hydrogen-bond acceptors (Lipinski definition) is 0. The first-order chi connectivity index (χ1) is 9.35. The third-order valence-electron chi connectivity index (χ3n) is 4.11. The summed E-state index contributed by atoms with van der Waals surface area (Å²) >= 11 is 0.